The van der Waals surface area contributed by atoms with Gasteiger partial charge in [-0.05, 0) is 52.9 Å². The lowest BCUT2D eigenvalue weighted by atomic mass is 10.2. The fraction of sp³-hybridized carbons (Fsp3) is 0.188. The predicted molar refractivity (Wildman–Crippen MR) is 89.6 cm³/mol. The van der Waals surface area contributed by atoms with Crippen LogP contribution in [0, 0.1) is 9.39 Å². The van der Waals surface area contributed by atoms with E-state index >= 15 is 0 Å². The number of benzene rings is 2. The summed E-state index contributed by atoms with van der Waals surface area (Å²) in [6.07, 6.45) is 0. The molecule has 1 amide bonds. The van der Waals surface area contributed by atoms with E-state index in [2.05, 4.69) is 27.9 Å². The Bertz CT molecular complexity index is 616. The molecule has 0 heterocycles. The number of hydrogen-bond donors (Lipinski definition) is 2. The Kier molecular flexibility index (Phi) is 5.69. The van der Waals surface area contributed by atoms with Gasteiger partial charge in [-0.3, -0.25) is 4.79 Å². The van der Waals surface area contributed by atoms with Crippen LogP contribution in [0.2, 0.25) is 0 Å². The number of quaternary nitrogens is 1. The third-order valence-corrected chi connectivity index (χ3v) is 3.76. The van der Waals surface area contributed by atoms with E-state index in [1.807, 2.05) is 31.3 Å². The smallest absolute Gasteiger partial charge is 0.279 e. The minimum Gasteiger partial charge on any atom is -0.326 e. The number of carbonyl (C=O) groups is 1. The van der Waals surface area contributed by atoms with Gasteiger partial charge in [0.05, 0.1) is 7.05 Å². The van der Waals surface area contributed by atoms with Gasteiger partial charge in [0, 0.05) is 14.8 Å². The lowest BCUT2D eigenvalue weighted by molar-refractivity contribution is -0.885. The molecule has 1 atom stereocenters. The third-order valence-electron chi connectivity index (χ3n) is 3.04. The standard InChI is InChI=1S/C16H16FIN2O/c1-20(10-12-4-2-3-5-15(12)17)11-16(21)19-14-8-6-13(18)7-9-14/h2-9H,10-11H2,1H3,(H,19,21)/p+1. The molecular weight excluding hydrogens is 382 g/mol. The highest BCUT2D eigenvalue weighted by Crippen LogP contribution is 2.10. The molecule has 5 heteroatoms. The van der Waals surface area contributed by atoms with Gasteiger partial charge in [0.1, 0.15) is 12.4 Å². The second-order valence-electron chi connectivity index (χ2n) is 4.96. The Balaban J connectivity index is 1.87. The minimum atomic E-state index is -0.227. The summed E-state index contributed by atoms with van der Waals surface area (Å²) in [5, 5.41) is 2.84. The zero-order valence-electron chi connectivity index (χ0n) is 11.7. The highest BCUT2D eigenvalue weighted by atomic mass is 127. The summed E-state index contributed by atoms with van der Waals surface area (Å²) in [5.74, 6) is -0.306. The summed E-state index contributed by atoms with van der Waals surface area (Å²) in [7, 11) is 1.87. The van der Waals surface area contributed by atoms with E-state index in [1.54, 1.807) is 18.2 Å². The number of amides is 1. The van der Waals surface area contributed by atoms with E-state index in [-0.39, 0.29) is 11.7 Å². The van der Waals surface area contributed by atoms with Crippen LogP contribution in [0.4, 0.5) is 10.1 Å². The largest absolute Gasteiger partial charge is 0.326 e. The number of nitrogens with one attached hydrogen (secondary N) is 2. The molecule has 0 aliphatic rings. The van der Waals surface area contributed by atoms with Gasteiger partial charge in [-0.25, -0.2) is 4.39 Å². The molecule has 21 heavy (non-hydrogen) atoms. The van der Waals surface area contributed by atoms with Crippen molar-refractivity contribution >= 4 is 34.2 Å². The lowest BCUT2D eigenvalue weighted by Crippen LogP contribution is -3.08. The lowest BCUT2D eigenvalue weighted by Gasteiger charge is -2.14. The molecule has 110 valence electrons. The Morgan fingerprint density at radius 1 is 1.19 bits per heavy atom. The van der Waals surface area contributed by atoms with Crippen molar-refractivity contribution in [1.29, 1.82) is 0 Å². The normalized spacial score (nSPS) is 12.0. The van der Waals surface area contributed by atoms with Crippen molar-refractivity contribution in [2.45, 2.75) is 6.54 Å². The van der Waals surface area contributed by atoms with E-state index in [0.29, 0.717) is 18.7 Å². The summed E-state index contributed by atoms with van der Waals surface area (Å²) in [6.45, 7) is 0.771. The maximum Gasteiger partial charge on any atom is 0.279 e. The molecule has 0 aliphatic heterocycles. The Morgan fingerprint density at radius 3 is 2.52 bits per heavy atom. The zero-order valence-corrected chi connectivity index (χ0v) is 13.9. The third kappa shape index (κ3) is 5.09. The number of anilines is 1. The molecule has 0 fully saturated rings. The summed E-state index contributed by atoms with van der Waals surface area (Å²) in [6, 6.07) is 14.3. The minimum absolute atomic E-state index is 0.0787. The molecule has 1 unspecified atom stereocenters. The van der Waals surface area contributed by atoms with Crippen LogP contribution in [0.15, 0.2) is 48.5 Å². The van der Waals surface area contributed by atoms with Crippen molar-refractivity contribution in [2.75, 3.05) is 18.9 Å². The average molecular weight is 399 g/mol. The molecule has 0 bridgehead atoms. The van der Waals surface area contributed by atoms with Crippen LogP contribution in [0.1, 0.15) is 5.56 Å². The fourth-order valence-corrected chi connectivity index (χ4v) is 2.40. The first kappa shape index (κ1) is 15.9. The maximum absolute atomic E-state index is 13.6. The second-order valence-corrected chi connectivity index (χ2v) is 6.20. The Labute approximate surface area is 137 Å². The molecule has 2 aromatic carbocycles. The van der Waals surface area contributed by atoms with Crippen LogP contribution in [0.3, 0.4) is 0 Å². The van der Waals surface area contributed by atoms with Crippen molar-refractivity contribution < 1.29 is 14.1 Å². The summed E-state index contributed by atoms with van der Waals surface area (Å²) < 4.78 is 14.7. The number of hydrogen-bond acceptors (Lipinski definition) is 1. The van der Waals surface area contributed by atoms with E-state index < -0.39 is 0 Å². The molecule has 0 aliphatic carbocycles. The SMILES string of the molecule is C[NH+](CC(=O)Nc1ccc(I)cc1)Cc1ccccc1F. The van der Waals surface area contributed by atoms with Crippen LogP contribution in [0.25, 0.3) is 0 Å². The quantitative estimate of drug-likeness (QED) is 0.742. The number of carbonyl (C=O) groups excluding carboxylic acids is 1. The number of halogens is 2. The first-order valence-electron chi connectivity index (χ1n) is 6.65. The van der Waals surface area contributed by atoms with Crippen LogP contribution in [-0.4, -0.2) is 19.5 Å². The fourth-order valence-electron chi connectivity index (χ4n) is 2.04. The summed E-state index contributed by atoms with van der Waals surface area (Å²) >= 11 is 2.21. The summed E-state index contributed by atoms with van der Waals surface area (Å²) in [4.78, 5) is 12.9. The molecule has 0 saturated carbocycles. The molecule has 0 saturated heterocycles. The van der Waals surface area contributed by atoms with Crippen molar-refractivity contribution in [3.05, 3.63) is 63.5 Å². The molecule has 2 N–H and O–H groups in total. The molecule has 0 aromatic heterocycles. The first-order chi connectivity index (χ1) is 10.0. The zero-order chi connectivity index (χ0) is 15.2. The van der Waals surface area contributed by atoms with Crippen LogP contribution >= 0.6 is 22.6 Å². The molecule has 2 aromatic rings. The van der Waals surface area contributed by atoms with Crippen LogP contribution < -0.4 is 10.2 Å². The van der Waals surface area contributed by atoms with Gasteiger partial charge < -0.3 is 10.2 Å². The van der Waals surface area contributed by atoms with Crippen molar-refractivity contribution in [2.24, 2.45) is 0 Å². The summed E-state index contributed by atoms with van der Waals surface area (Å²) in [5.41, 5.74) is 1.40. The first-order valence-corrected chi connectivity index (χ1v) is 7.72. The highest BCUT2D eigenvalue weighted by molar-refractivity contribution is 14.1. The molecule has 2 rings (SSSR count). The molecular formula is C16H17FIN2O+. The van der Waals surface area contributed by atoms with Gasteiger partial charge in [0.2, 0.25) is 0 Å². The van der Waals surface area contributed by atoms with Crippen molar-refractivity contribution in [3.63, 3.8) is 0 Å². The van der Waals surface area contributed by atoms with E-state index in [4.69, 9.17) is 0 Å². The average Bonchev–Trinajstić information content (AvgIpc) is 2.44. The van der Waals surface area contributed by atoms with E-state index in [9.17, 15) is 9.18 Å². The Morgan fingerprint density at radius 2 is 1.86 bits per heavy atom. The maximum atomic E-state index is 13.6. The molecule has 0 spiro atoms. The molecule has 3 nitrogen and oxygen atoms in total. The van der Waals surface area contributed by atoms with Crippen LogP contribution in [0.5, 0.6) is 0 Å². The second kappa shape index (κ2) is 7.51. The Hall–Kier alpha value is -1.47. The number of likely N-dealkylation sites (N-methyl/N-ethyl adjacent to an activating group) is 1. The van der Waals surface area contributed by atoms with Crippen LogP contribution in [-0.2, 0) is 11.3 Å². The topological polar surface area (TPSA) is 33.5 Å². The number of rotatable bonds is 5. The van der Waals surface area contributed by atoms with Crippen molar-refractivity contribution in [1.82, 2.24) is 0 Å². The van der Waals surface area contributed by atoms with E-state index in [1.165, 1.54) is 6.07 Å². The molecule has 0 radical (unpaired) electrons. The monoisotopic (exact) mass is 399 g/mol. The predicted octanol–water partition coefficient (Wildman–Crippen LogP) is 2.08. The highest BCUT2D eigenvalue weighted by Gasteiger charge is 2.12. The van der Waals surface area contributed by atoms with Gasteiger partial charge in [-0.2, -0.15) is 0 Å². The van der Waals surface area contributed by atoms with Crippen molar-refractivity contribution in [3.8, 4) is 0 Å². The van der Waals surface area contributed by atoms with Gasteiger partial charge in [0.25, 0.3) is 5.91 Å². The van der Waals surface area contributed by atoms with Gasteiger partial charge in [-0.1, -0.05) is 18.2 Å². The van der Waals surface area contributed by atoms with Gasteiger partial charge in [-0.15, -0.1) is 0 Å². The van der Waals surface area contributed by atoms with Gasteiger partial charge in [0.15, 0.2) is 6.54 Å². The van der Waals surface area contributed by atoms with Gasteiger partial charge >= 0.3 is 0 Å². The van der Waals surface area contributed by atoms with E-state index in [0.717, 1.165) is 14.2 Å².